The Morgan fingerprint density at radius 1 is 1.45 bits per heavy atom. The van der Waals surface area contributed by atoms with Gasteiger partial charge in [-0.25, -0.2) is 0 Å². The Hall–Kier alpha value is -2.09. The van der Waals surface area contributed by atoms with Gasteiger partial charge >= 0.3 is 0 Å². The summed E-state index contributed by atoms with van der Waals surface area (Å²) in [5.41, 5.74) is 7.64. The number of nitro groups is 1. The predicted molar refractivity (Wildman–Crippen MR) is 77.5 cm³/mol. The minimum atomic E-state index is -0.388. The Morgan fingerprint density at radius 2 is 2.15 bits per heavy atom. The zero-order valence-electron chi connectivity index (χ0n) is 11.4. The third-order valence-electron chi connectivity index (χ3n) is 3.06. The van der Waals surface area contributed by atoms with Crippen LogP contribution in [0.5, 0.6) is 0 Å². The number of benzene rings is 1. The van der Waals surface area contributed by atoms with Crippen LogP contribution in [0.15, 0.2) is 23.4 Å². The van der Waals surface area contributed by atoms with Crippen LogP contribution in [0.1, 0.15) is 23.3 Å². The minimum absolute atomic E-state index is 0.0113. The molecule has 7 nitrogen and oxygen atoms in total. The number of hydrogen-bond donors (Lipinski definition) is 1. The van der Waals surface area contributed by atoms with Gasteiger partial charge in [0.1, 0.15) is 0 Å². The fraction of sp³-hybridized carbons (Fsp3) is 0.333. The Bertz CT molecular complexity index is 655. The van der Waals surface area contributed by atoms with Crippen molar-refractivity contribution >= 4 is 23.4 Å². The molecule has 0 aliphatic rings. The molecule has 0 aliphatic heterocycles. The summed E-state index contributed by atoms with van der Waals surface area (Å²) in [6, 6.07) is 4.87. The van der Waals surface area contributed by atoms with Crippen molar-refractivity contribution in [3.05, 3.63) is 39.4 Å². The number of aryl methyl sites for hydroxylation is 1. The summed E-state index contributed by atoms with van der Waals surface area (Å²) in [5.74, 6) is 0.343. The van der Waals surface area contributed by atoms with Gasteiger partial charge in [-0.3, -0.25) is 14.7 Å². The normalized spacial score (nSPS) is 12.3. The lowest BCUT2D eigenvalue weighted by Crippen LogP contribution is -2.00. The molecule has 0 spiro atoms. The van der Waals surface area contributed by atoms with E-state index in [4.69, 9.17) is 5.73 Å². The van der Waals surface area contributed by atoms with E-state index in [1.165, 1.54) is 17.8 Å². The molecular formula is C12H15N5O2S. The van der Waals surface area contributed by atoms with Gasteiger partial charge in [0.05, 0.1) is 4.92 Å². The monoisotopic (exact) mass is 293 g/mol. The number of nitro benzene ring substituents is 1. The molecule has 1 atom stereocenters. The number of nitrogens with zero attached hydrogens (tertiary/aromatic N) is 4. The fourth-order valence-corrected chi connectivity index (χ4v) is 2.87. The topological polar surface area (TPSA) is 99.9 Å². The molecule has 0 saturated carbocycles. The van der Waals surface area contributed by atoms with E-state index in [0.717, 1.165) is 11.1 Å². The zero-order chi connectivity index (χ0) is 14.9. The van der Waals surface area contributed by atoms with Crippen LogP contribution in [0.4, 0.5) is 11.6 Å². The van der Waals surface area contributed by atoms with Crippen LogP contribution in [0, 0.1) is 17.0 Å². The van der Waals surface area contributed by atoms with Crippen molar-refractivity contribution in [3.8, 4) is 0 Å². The Balaban J connectivity index is 2.29. The summed E-state index contributed by atoms with van der Waals surface area (Å²) >= 11 is 1.47. The molecule has 0 saturated heterocycles. The van der Waals surface area contributed by atoms with Crippen molar-refractivity contribution in [1.29, 1.82) is 0 Å². The summed E-state index contributed by atoms with van der Waals surface area (Å²) in [7, 11) is 1.78. The first-order valence-electron chi connectivity index (χ1n) is 5.96. The first kappa shape index (κ1) is 14.3. The number of non-ortho nitro benzene ring substituents is 1. The predicted octanol–water partition coefficient (Wildman–Crippen LogP) is 2.47. The molecule has 0 bridgehead atoms. The van der Waals surface area contributed by atoms with Gasteiger partial charge in [0.15, 0.2) is 5.16 Å². The first-order valence-corrected chi connectivity index (χ1v) is 6.84. The van der Waals surface area contributed by atoms with Crippen LogP contribution in [0.25, 0.3) is 0 Å². The second-order valence-electron chi connectivity index (χ2n) is 4.46. The molecule has 0 fully saturated rings. The highest BCUT2D eigenvalue weighted by Gasteiger charge is 2.17. The van der Waals surface area contributed by atoms with Gasteiger partial charge in [0, 0.05) is 24.4 Å². The van der Waals surface area contributed by atoms with Crippen molar-refractivity contribution in [3.63, 3.8) is 0 Å². The Labute approximate surface area is 120 Å². The lowest BCUT2D eigenvalue weighted by atomic mass is 10.1. The standard InChI is InChI=1S/C12H15N5O2S/c1-7-4-5-9(17(18)19)6-10(7)8(2)20-12-15-14-11(13)16(12)3/h4-6,8H,1-3H3,(H2,13,14)/t8-/m1/s1. The van der Waals surface area contributed by atoms with E-state index in [0.29, 0.717) is 11.1 Å². The summed E-state index contributed by atoms with van der Waals surface area (Å²) < 4.78 is 1.69. The molecule has 2 rings (SSSR count). The molecule has 0 amide bonds. The van der Waals surface area contributed by atoms with E-state index in [2.05, 4.69) is 10.2 Å². The largest absolute Gasteiger partial charge is 0.368 e. The third-order valence-corrected chi connectivity index (χ3v) is 4.24. The smallest absolute Gasteiger partial charge is 0.269 e. The van der Waals surface area contributed by atoms with Gasteiger partial charge in [-0.1, -0.05) is 17.8 Å². The van der Waals surface area contributed by atoms with Gasteiger partial charge in [-0.15, -0.1) is 10.2 Å². The number of nitrogen functional groups attached to an aromatic ring is 1. The molecule has 2 aromatic rings. The van der Waals surface area contributed by atoms with E-state index in [1.54, 1.807) is 23.7 Å². The molecular weight excluding hydrogens is 278 g/mol. The average molecular weight is 293 g/mol. The van der Waals surface area contributed by atoms with Gasteiger partial charge in [-0.2, -0.15) is 0 Å². The molecule has 0 aliphatic carbocycles. The van der Waals surface area contributed by atoms with E-state index in [1.807, 2.05) is 13.8 Å². The van der Waals surface area contributed by atoms with E-state index < -0.39 is 0 Å². The average Bonchev–Trinajstić information content (AvgIpc) is 2.71. The number of nitrogens with two attached hydrogens (primary N) is 1. The number of anilines is 1. The molecule has 1 heterocycles. The SMILES string of the molecule is Cc1ccc([N+](=O)[O-])cc1[C@@H](C)Sc1nnc(N)n1C. The molecule has 1 aromatic carbocycles. The zero-order valence-corrected chi connectivity index (χ0v) is 12.2. The molecule has 20 heavy (non-hydrogen) atoms. The number of aromatic nitrogens is 3. The maximum Gasteiger partial charge on any atom is 0.269 e. The molecule has 2 N–H and O–H groups in total. The van der Waals surface area contributed by atoms with Crippen molar-refractivity contribution in [2.24, 2.45) is 7.05 Å². The molecule has 1 aromatic heterocycles. The quantitative estimate of drug-likeness (QED) is 0.528. The molecule has 106 valence electrons. The Morgan fingerprint density at radius 3 is 2.70 bits per heavy atom. The highest BCUT2D eigenvalue weighted by molar-refractivity contribution is 7.99. The second-order valence-corrected chi connectivity index (χ2v) is 5.77. The van der Waals surface area contributed by atoms with Crippen molar-refractivity contribution in [2.45, 2.75) is 24.3 Å². The maximum atomic E-state index is 10.9. The minimum Gasteiger partial charge on any atom is -0.368 e. The summed E-state index contributed by atoms with van der Waals surface area (Å²) in [4.78, 5) is 10.5. The van der Waals surface area contributed by atoms with Crippen LogP contribution in [0.2, 0.25) is 0 Å². The summed E-state index contributed by atoms with van der Waals surface area (Å²) in [6.45, 7) is 3.91. The van der Waals surface area contributed by atoms with Crippen molar-refractivity contribution < 1.29 is 4.92 Å². The van der Waals surface area contributed by atoms with Crippen LogP contribution in [-0.4, -0.2) is 19.7 Å². The second kappa shape index (κ2) is 5.49. The Kier molecular flexibility index (Phi) is 3.93. The maximum absolute atomic E-state index is 10.9. The number of thioether (sulfide) groups is 1. The van der Waals surface area contributed by atoms with Gasteiger partial charge in [0.2, 0.25) is 5.95 Å². The fourth-order valence-electron chi connectivity index (χ4n) is 1.83. The molecule has 0 unspecified atom stereocenters. The third kappa shape index (κ3) is 2.74. The molecule has 8 heteroatoms. The van der Waals surface area contributed by atoms with E-state index >= 15 is 0 Å². The lowest BCUT2D eigenvalue weighted by molar-refractivity contribution is -0.384. The lowest BCUT2D eigenvalue weighted by Gasteiger charge is -2.13. The highest BCUT2D eigenvalue weighted by atomic mass is 32.2. The van der Waals surface area contributed by atoms with Gasteiger partial charge in [0.25, 0.3) is 5.69 Å². The van der Waals surface area contributed by atoms with Crippen LogP contribution >= 0.6 is 11.8 Å². The van der Waals surface area contributed by atoms with Crippen molar-refractivity contribution in [1.82, 2.24) is 14.8 Å². The highest BCUT2D eigenvalue weighted by Crippen LogP contribution is 2.36. The van der Waals surface area contributed by atoms with E-state index in [-0.39, 0.29) is 15.9 Å². The van der Waals surface area contributed by atoms with Crippen LogP contribution in [-0.2, 0) is 7.05 Å². The first-order chi connectivity index (χ1) is 9.40. The number of hydrogen-bond acceptors (Lipinski definition) is 6. The number of rotatable bonds is 4. The van der Waals surface area contributed by atoms with Crippen LogP contribution < -0.4 is 5.73 Å². The van der Waals surface area contributed by atoms with E-state index in [9.17, 15) is 10.1 Å². The van der Waals surface area contributed by atoms with Crippen LogP contribution in [0.3, 0.4) is 0 Å². The summed E-state index contributed by atoms with van der Waals surface area (Å²) in [6.07, 6.45) is 0. The van der Waals surface area contributed by atoms with Gasteiger partial charge < -0.3 is 5.73 Å². The summed E-state index contributed by atoms with van der Waals surface area (Å²) in [5, 5.41) is 19.3. The van der Waals surface area contributed by atoms with Crippen molar-refractivity contribution in [2.75, 3.05) is 5.73 Å². The van der Waals surface area contributed by atoms with Gasteiger partial charge in [-0.05, 0) is 25.0 Å². The molecule has 0 radical (unpaired) electrons.